The minimum atomic E-state index is -1.32. The van der Waals surface area contributed by atoms with Crippen LogP contribution in [0.3, 0.4) is 0 Å². The molecule has 0 unspecified atom stereocenters. The highest BCUT2D eigenvalue weighted by Crippen LogP contribution is 2.07. The van der Waals surface area contributed by atoms with Gasteiger partial charge >= 0.3 is 12.2 Å². The molecule has 0 fully saturated rings. The predicted octanol–water partition coefficient (Wildman–Crippen LogP) is 1.99. The van der Waals surface area contributed by atoms with Crippen molar-refractivity contribution in [3.05, 3.63) is 0 Å². The summed E-state index contributed by atoms with van der Waals surface area (Å²) in [4.78, 5) is 22.6. The average molecular weight is 247 g/mol. The van der Waals surface area contributed by atoms with Crippen molar-refractivity contribution in [3.63, 3.8) is 0 Å². The summed E-state index contributed by atoms with van der Waals surface area (Å²) in [6, 6.07) is 0. The number of ether oxygens (including phenoxy) is 2. The summed E-state index contributed by atoms with van der Waals surface area (Å²) in [7, 11) is 0. The van der Waals surface area contributed by atoms with Gasteiger partial charge in [0.2, 0.25) is 0 Å². The Balaban J connectivity index is 4.08. The van der Waals surface area contributed by atoms with Crippen LogP contribution < -0.4 is 10.6 Å². The van der Waals surface area contributed by atoms with E-state index in [1.165, 1.54) is 0 Å². The second-order valence-electron chi connectivity index (χ2n) is 5.44. The van der Waals surface area contributed by atoms with Gasteiger partial charge in [-0.1, -0.05) is 0 Å². The Hall–Kier alpha value is -1.46. The van der Waals surface area contributed by atoms with Crippen LogP contribution in [0.25, 0.3) is 0 Å². The molecule has 6 heteroatoms. The van der Waals surface area contributed by atoms with Crippen molar-refractivity contribution < 1.29 is 20.4 Å². The third-order valence-electron chi connectivity index (χ3n) is 1.18. The monoisotopic (exact) mass is 247 g/mol. The molecule has 2 amide bonds. The van der Waals surface area contributed by atoms with Crippen LogP contribution in [-0.4, -0.2) is 30.0 Å². The first-order chi connectivity index (χ1) is 7.89. The van der Waals surface area contributed by atoms with Gasteiger partial charge in [0.25, 0.3) is 0 Å². The maximum atomic E-state index is 11.3. The SMILES string of the molecule is [2H]C(NC(=O)OC(C)(C)C)NC(=O)OC(C)(C)C. The minimum Gasteiger partial charge on any atom is -0.444 e. The van der Waals surface area contributed by atoms with Crippen LogP contribution in [0.2, 0.25) is 0 Å². The van der Waals surface area contributed by atoms with Gasteiger partial charge in [0.1, 0.15) is 11.2 Å². The molecule has 0 bridgehead atoms. The fourth-order valence-corrected chi connectivity index (χ4v) is 0.769. The Labute approximate surface area is 103 Å². The van der Waals surface area contributed by atoms with Crippen LogP contribution in [-0.2, 0) is 9.47 Å². The van der Waals surface area contributed by atoms with E-state index in [1.54, 1.807) is 41.5 Å². The van der Waals surface area contributed by atoms with E-state index < -0.39 is 30.0 Å². The van der Waals surface area contributed by atoms with Crippen LogP contribution >= 0.6 is 0 Å². The Morgan fingerprint density at radius 1 is 0.941 bits per heavy atom. The van der Waals surface area contributed by atoms with Crippen molar-refractivity contribution in [1.82, 2.24) is 10.6 Å². The molecule has 0 aliphatic rings. The number of carbonyl (C=O) groups excluding carboxylic acids is 2. The zero-order valence-corrected chi connectivity index (χ0v) is 11.2. The number of hydrogen-bond donors (Lipinski definition) is 2. The molecule has 0 aliphatic carbocycles. The molecular weight excluding hydrogens is 224 g/mol. The molecule has 0 atom stereocenters. The average Bonchev–Trinajstić information content (AvgIpc) is 1.92. The normalized spacial score (nSPS) is 12.8. The Morgan fingerprint density at radius 3 is 1.47 bits per heavy atom. The lowest BCUT2D eigenvalue weighted by molar-refractivity contribution is 0.0476. The van der Waals surface area contributed by atoms with E-state index in [0.717, 1.165) is 0 Å². The number of hydrogen-bond acceptors (Lipinski definition) is 4. The van der Waals surface area contributed by atoms with Gasteiger partial charge in [-0.3, -0.25) is 0 Å². The highest BCUT2D eigenvalue weighted by atomic mass is 16.6. The zero-order valence-electron chi connectivity index (χ0n) is 12.2. The van der Waals surface area contributed by atoms with Crippen molar-refractivity contribution in [2.24, 2.45) is 0 Å². The lowest BCUT2D eigenvalue weighted by Crippen LogP contribution is -2.42. The predicted molar refractivity (Wildman–Crippen MR) is 63.6 cm³/mol. The first-order valence-corrected chi connectivity index (χ1v) is 5.30. The lowest BCUT2D eigenvalue weighted by atomic mass is 10.2. The summed E-state index contributed by atoms with van der Waals surface area (Å²) >= 11 is 0. The van der Waals surface area contributed by atoms with Gasteiger partial charge in [-0.25, -0.2) is 9.59 Å². The molecule has 2 N–H and O–H groups in total. The largest absolute Gasteiger partial charge is 0.444 e. The highest BCUT2D eigenvalue weighted by Gasteiger charge is 2.17. The van der Waals surface area contributed by atoms with E-state index in [4.69, 9.17) is 10.8 Å². The van der Waals surface area contributed by atoms with E-state index in [0.29, 0.717) is 0 Å². The summed E-state index contributed by atoms with van der Waals surface area (Å²) < 4.78 is 17.3. The van der Waals surface area contributed by atoms with Crippen LogP contribution in [0.4, 0.5) is 9.59 Å². The summed E-state index contributed by atoms with van der Waals surface area (Å²) in [6.07, 6.45) is -1.56. The summed E-state index contributed by atoms with van der Waals surface area (Å²) in [5, 5.41) is 4.29. The molecule has 0 radical (unpaired) electrons. The fraction of sp³-hybridized carbons (Fsp3) is 0.818. The molecule has 0 aromatic carbocycles. The summed E-state index contributed by atoms with van der Waals surface area (Å²) in [5.74, 6) is 0. The molecule has 100 valence electrons. The van der Waals surface area contributed by atoms with Gasteiger partial charge in [-0.2, -0.15) is 0 Å². The van der Waals surface area contributed by atoms with Gasteiger partial charge in [0.15, 0.2) is 0 Å². The van der Waals surface area contributed by atoms with Crippen LogP contribution in [0.1, 0.15) is 42.9 Å². The molecule has 0 saturated carbocycles. The Morgan fingerprint density at radius 2 is 1.24 bits per heavy atom. The number of rotatable bonds is 2. The van der Waals surface area contributed by atoms with Crippen molar-refractivity contribution in [1.29, 1.82) is 0 Å². The molecule has 0 aliphatic heterocycles. The third kappa shape index (κ3) is 10.8. The van der Waals surface area contributed by atoms with Crippen molar-refractivity contribution >= 4 is 12.2 Å². The van der Waals surface area contributed by atoms with E-state index in [-0.39, 0.29) is 0 Å². The standard InChI is InChI=1S/C11H22N2O4/c1-10(2,3)16-8(14)12-7-13-9(15)17-11(4,5)6/h7H2,1-6H3,(H,12,14)(H,13,15)/i7D. The highest BCUT2D eigenvalue weighted by molar-refractivity contribution is 5.70. The second-order valence-corrected chi connectivity index (χ2v) is 5.44. The maximum absolute atomic E-state index is 11.3. The van der Waals surface area contributed by atoms with Gasteiger partial charge in [0.05, 0.1) is 8.02 Å². The summed E-state index contributed by atoms with van der Waals surface area (Å²) in [5.41, 5.74) is -1.31. The molecular formula is C11H22N2O4. The topological polar surface area (TPSA) is 76.7 Å². The zero-order chi connectivity index (χ0) is 14.6. The molecule has 0 saturated heterocycles. The maximum Gasteiger partial charge on any atom is 0.409 e. The van der Waals surface area contributed by atoms with Crippen LogP contribution in [0, 0.1) is 0 Å². The quantitative estimate of drug-likeness (QED) is 0.732. The first-order valence-electron chi connectivity index (χ1n) is 5.88. The third-order valence-corrected chi connectivity index (χ3v) is 1.18. The van der Waals surface area contributed by atoms with Gasteiger partial charge in [-0.05, 0) is 41.5 Å². The fourth-order valence-electron chi connectivity index (χ4n) is 0.769. The molecule has 6 nitrogen and oxygen atoms in total. The van der Waals surface area contributed by atoms with Crippen LogP contribution in [0.15, 0.2) is 0 Å². The molecule has 0 rings (SSSR count). The number of carbonyl (C=O) groups is 2. The smallest absolute Gasteiger partial charge is 0.409 e. The van der Waals surface area contributed by atoms with Crippen LogP contribution in [0.5, 0.6) is 0 Å². The van der Waals surface area contributed by atoms with Gasteiger partial charge in [-0.15, -0.1) is 0 Å². The molecule has 0 aromatic heterocycles. The number of amides is 2. The second kappa shape index (κ2) is 5.75. The van der Waals surface area contributed by atoms with E-state index in [2.05, 4.69) is 10.6 Å². The molecule has 0 spiro atoms. The molecule has 0 aromatic rings. The minimum absolute atomic E-state index is 0.657. The Bertz CT molecular complexity index is 277. The van der Waals surface area contributed by atoms with Crippen molar-refractivity contribution in [3.8, 4) is 0 Å². The van der Waals surface area contributed by atoms with Crippen molar-refractivity contribution in [2.75, 3.05) is 6.64 Å². The first kappa shape index (κ1) is 13.6. The molecule has 17 heavy (non-hydrogen) atoms. The lowest BCUT2D eigenvalue weighted by Gasteiger charge is -2.21. The van der Waals surface area contributed by atoms with Gasteiger partial charge in [0, 0.05) is 0 Å². The number of nitrogens with one attached hydrogen (secondary N) is 2. The van der Waals surface area contributed by atoms with E-state index >= 15 is 0 Å². The van der Waals surface area contributed by atoms with E-state index in [9.17, 15) is 9.59 Å². The van der Waals surface area contributed by atoms with Gasteiger partial charge < -0.3 is 20.1 Å². The molecule has 0 heterocycles. The Kier molecular flexibility index (Phi) is 4.60. The van der Waals surface area contributed by atoms with Crippen molar-refractivity contribution in [2.45, 2.75) is 52.7 Å². The van der Waals surface area contributed by atoms with E-state index in [1.807, 2.05) is 0 Å². The summed E-state index contributed by atoms with van der Waals surface area (Å²) in [6.45, 7) is 8.88. The number of alkyl carbamates (subject to hydrolysis) is 2.